The van der Waals surface area contributed by atoms with Crippen molar-refractivity contribution < 1.29 is 9.53 Å². The van der Waals surface area contributed by atoms with Crippen molar-refractivity contribution in [3.8, 4) is 11.5 Å². The molecule has 0 saturated carbocycles. The Morgan fingerprint density at radius 1 is 1.11 bits per heavy atom. The summed E-state index contributed by atoms with van der Waals surface area (Å²) in [6.45, 7) is 1.96. The van der Waals surface area contributed by atoms with Gasteiger partial charge in [-0.25, -0.2) is 0 Å². The number of aryl methyl sites for hydroxylation is 1. The molecule has 0 spiro atoms. The number of amides is 1. The Bertz CT molecular complexity index is 577. The third-order valence-corrected chi connectivity index (χ3v) is 2.53. The van der Waals surface area contributed by atoms with Gasteiger partial charge in [-0.3, -0.25) is 4.79 Å². The summed E-state index contributed by atoms with van der Waals surface area (Å²) in [4.78, 5) is 10.9. The molecule has 2 aromatic rings. The minimum atomic E-state index is -0.462. The lowest BCUT2D eigenvalue weighted by Gasteiger charge is -2.09. The van der Waals surface area contributed by atoms with Gasteiger partial charge < -0.3 is 16.2 Å². The van der Waals surface area contributed by atoms with Gasteiger partial charge in [0.25, 0.3) is 0 Å². The Kier molecular flexibility index (Phi) is 3.19. The van der Waals surface area contributed by atoms with E-state index in [1.54, 1.807) is 24.3 Å². The normalized spacial score (nSPS) is 10.1. The van der Waals surface area contributed by atoms with Crippen LogP contribution in [0.4, 0.5) is 5.69 Å². The van der Waals surface area contributed by atoms with Gasteiger partial charge in [0.2, 0.25) is 5.91 Å². The second kappa shape index (κ2) is 4.79. The molecule has 0 aliphatic rings. The molecule has 4 N–H and O–H groups in total. The van der Waals surface area contributed by atoms with Gasteiger partial charge in [0, 0.05) is 5.56 Å². The molecule has 0 aromatic heterocycles. The monoisotopic (exact) mass is 242 g/mol. The van der Waals surface area contributed by atoms with Crippen molar-refractivity contribution in [1.82, 2.24) is 0 Å². The number of anilines is 1. The summed E-state index contributed by atoms with van der Waals surface area (Å²) in [6, 6.07) is 12.2. The standard InChI is InChI=1S/C14H14N2O2/c1-9-2-7-13(12(15)8-9)18-11-5-3-10(4-6-11)14(16)17/h2-8H,15H2,1H3,(H2,16,17). The Labute approximate surface area is 105 Å². The first-order chi connectivity index (χ1) is 8.56. The average molecular weight is 242 g/mol. The lowest BCUT2D eigenvalue weighted by Crippen LogP contribution is -2.10. The summed E-state index contributed by atoms with van der Waals surface area (Å²) >= 11 is 0. The van der Waals surface area contributed by atoms with Crippen LogP contribution in [-0.2, 0) is 0 Å². The number of carbonyl (C=O) groups excluding carboxylic acids is 1. The molecule has 0 heterocycles. The zero-order chi connectivity index (χ0) is 13.1. The van der Waals surface area contributed by atoms with Crippen LogP contribution in [0.5, 0.6) is 11.5 Å². The van der Waals surface area contributed by atoms with Gasteiger partial charge in [-0.1, -0.05) is 6.07 Å². The molecule has 0 aliphatic carbocycles. The van der Waals surface area contributed by atoms with Crippen LogP contribution in [-0.4, -0.2) is 5.91 Å². The molecule has 0 fully saturated rings. The zero-order valence-corrected chi connectivity index (χ0v) is 10.0. The zero-order valence-electron chi connectivity index (χ0n) is 10.0. The topological polar surface area (TPSA) is 78.3 Å². The Balaban J connectivity index is 2.21. The summed E-state index contributed by atoms with van der Waals surface area (Å²) in [5, 5.41) is 0. The first kappa shape index (κ1) is 12.0. The van der Waals surface area contributed by atoms with Crippen LogP contribution < -0.4 is 16.2 Å². The molecule has 2 rings (SSSR count). The molecule has 0 bridgehead atoms. The van der Waals surface area contributed by atoms with Crippen LogP contribution in [0, 0.1) is 6.92 Å². The molecule has 0 radical (unpaired) electrons. The second-order valence-electron chi connectivity index (χ2n) is 4.03. The van der Waals surface area contributed by atoms with E-state index in [1.807, 2.05) is 25.1 Å². The van der Waals surface area contributed by atoms with Gasteiger partial charge in [0.15, 0.2) is 0 Å². The van der Waals surface area contributed by atoms with Gasteiger partial charge in [-0.15, -0.1) is 0 Å². The van der Waals surface area contributed by atoms with Gasteiger partial charge in [0.05, 0.1) is 5.69 Å². The SMILES string of the molecule is Cc1ccc(Oc2ccc(C(N)=O)cc2)c(N)c1. The molecule has 0 atom stereocenters. The molecule has 0 unspecified atom stereocenters. The third-order valence-electron chi connectivity index (χ3n) is 2.53. The lowest BCUT2D eigenvalue weighted by atomic mass is 10.2. The average Bonchev–Trinajstić information content (AvgIpc) is 2.33. The predicted octanol–water partition coefficient (Wildman–Crippen LogP) is 2.47. The largest absolute Gasteiger partial charge is 0.455 e. The maximum absolute atomic E-state index is 10.9. The van der Waals surface area contributed by atoms with Crippen molar-refractivity contribution in [3.63, 3.8) is 0 Å². The molecule has 4 heteroatoms. The second-order valence-corrected chi connectivity index (χ2v) is 4.03. The summed E-state index contributed by atoms with van der Waals surface area (Å²) in [5.74, 6) is 0.736. The molecule has 18 heavy (non-hydrogen) atoms. The molecule has 0 saturated heterocycles. The minimum absolute atomic E-state index is 0.444. The highest BCUT2D eigenvalue weighted by atomic mass is 16.5. The molecule has 4 nitrogen and oxygen atoms in total. The van der Waals surface area contributed by atoms with Crippen molar-refractivity contribution in [1.29, 1.82) is 0 Å². The number of nitrogens with two attached hydrogens (primary N) is 2. The van der Waals surface area contributed by atoms with Gasteiger partial charge in [-0.2, -0.15) is 0 Å². The fourth-order valence-electron chi connectivity index (χ4n) is 1.58. The number of primary amides is 1. The highest BCUT2D eigenvalue weighted by Crippen LogP contribution is 2.28. The molecule has 92 valence electrons. The molecule has 2 aromatic carbocycles. The molecular weight excluding hydrogens is 228 g/mol. The lowest BCUT2D eigenvalue weighted by molar-refractivity contribution is 0.100. The number of hydrogen-bond acceptors (Lipinski definition) is 3. The summed E-state index contributed by atoms with van der Waals surface area (Å²) < 4.78 is 5.62. The third kappa shape index (κ3) is 2.60. The van der Waals surface area contributed by atoms with E-state index in [0.29, 0.717) is 22.7 Å². The summed E-state index contributed by atoms with van der Waals surface area (Å²) in [6.07, 6.45) is 0. The van der Waals surface area contributed by atoms with Crippen molar-refractivity contribution in [3.05, 3.63) is 53.6 Å². The number of rotatable bonds is 3. The van der Waals surface area contributed by atoms with Crippen LogP contribution in [0.2, 0.25) is 0 Å². The van der Waals surface area contributed by atoms with Gasteiger partial charge in [0.1, 0.15) is 11.5 Å². The summed E-state index contributed by atoms with van der Waals surface area (Å²) in [7, 11) is 0. The maximum Gasteiger partial charge on any atom is 0.248 e. The fourth-order valence-corrected chi connectivity index (χ4v) is 1.58. The van der Waals surface area contributed by atoms with E-state index < -0.39 is 5.91 Å². The van der Waals surface area contributed by atoms with Crippen molar-refractivity contribution in [2.45, 2.75) is 6.92 Å². The number of ether oxygens (including phenoxy) is 1. The van der Waals surface area contributed by atoms with E-state index in [1.165, 1.54) is 0 Å². The van der Waals surface area contributed by atoms with Gasteiger partial charge in [-0.05, 0) is 48.9 Å². The van der Waals surface area contributed by atoms with E-state index in [0.717, 1.165) is 5.56 Å². The molecular formula is C14H14N2O2. The quantitative estimate of drug-likeness (QED) is 0.811. The highest BCUT2D eigenvalue weighted by molar-refractivity contribution is 5.92. The molecule has 1 amide bonds. The maximum atomic E-state index is 10.9. The fraction of sp³-hybridized carbons (Fsp3) is 0.0714. The Morgan fingerprint density at radius 2 is 1.78 bits per heavy atom. The van der Waals surface area contributed by atoms with Crippen LogP contribution in [0.15, 0.2) is 42.5 Å². The first-order valence-corrected chi connectivity index (χ1v) is 5.50. The number of benzene rings is 2. The van der Waals surface area contributed by atoms with E-state index in [4.69, 9.17) is 16.2 Å². The Morgan fingerprint density at radius 3 is 2.33 bits per heavy atom. The number of nitrogen functional groups attached to an aromatic ring is 1. The minimum Gasteiger partial charge on any atom is -0.455 e. The van der Waals surface area contributed by atoms with E-state index >= 15 is 0 Å². The van der Waals surface area contributed by atoms with Gasteiger partial charge >= 0.3 is 0 Å². The van der Waals surface area contributed by atoms with E-state index in [-0.39, 0.29) is 0 Å². The van der Waals surface area contributed by atoms with Crippen LogP contribution >= 0.6 is 0 Å². The molecule has 0 aliphatic heterocycles. The highest BCUT2D eigenvalue weighted by Gasteiger charge is 2.04. The van der Waals surface area contributed by atoms with Crippen molar-refractivity contribution in [2.75, 3.05) is 5.73 Å². The Hall–Kier alpha value is -2.49. The smallest absolute Gasteiger partial charge is 0.248 e. The number of hydrogen-bond donors (Lipinski definition) is 2. The van der Waals surface area contributed by atoms with Crippen LogP contribution in [0.1, 0.15) is 15.9 Å². The van der Waals surface area contributed by atoms with E-state index in [9.17, 15) is 4.79 Å². The first-order valence-electron chi connectivity index (χ1n) is 5.50. The van der Waals surface area contributed by atoms with Crippen LogP contribution in [0.3, 0.4) is 0 Å². The van der Waals surface area contributed by atoms with Crippen LogP contribution in [0.25, 0.3) is 0 Å². The van der Waals surface area contributed by atoms with E-state index in [2.05, 4.69) is 0 Å². The summed E-state index contributed by atoms with van der Waals surface area (Å²) in [5.41, 5.74) is 13.1. The van der Waals surface area contributed by atoms with Crippen molar-refractivity contribution in [2.24, 2.45) is 5.73 Å². The van der Waals surface area contributed by atoms with Crippen molar-refractivity contribution >= 4 is 11.6 Å². The number of carbonyl (C=O) groups is 1. The predicted molar refractivity (Wildman–Crippen MR) is 70.6 cm³/mol.